The van der Waals surface area contributed by atoms with Crippen molar-refractivity contribution in [1.82, 2.24) is 0 Å². The van der Waals surface area contributed by atoms with Gasteiger partial charge in [0.25, 0.3) is 0 Å². The molecule has 0 aromatic heterocycles. The van der Waals surface area contributed by atoms with E-state index in [-0.39, 0.29) is 11.4 Å². The largest absolute Gasteiger partial charge is 0.310 e. The lowest BCUT2D eigenvalue weighted by Crippen LogP contribution is -2.18. The van der Waals surface area contributed by atoms with Crippen LogP contribution in [0.15, 0.2) is 400 Å². The summed E-state index contributed by atoms with van der Waals surface area (Å²) in [5.41, 5.74) is 15.0. The fourth-order valence-corrected chi connectivity index (χ4v) is 15.8. The van der Waals surface area contributed by atoms with Crippen LogP contribution in [-0.2, 0) is 10.8 Å². The summed E-state index contributed by atoms with van der Waals surface area (Å²) in [5.74, 6) is 0. The van der Waals surface area contributed by atoms with Gasteiger partial charge in [0.1, 0.15) is 0 Å². The van der Waals surface area contributed by atoms with E-state index in [1.165, 1.54) is 48.7 Å². The zero-order valence-corrected chi connectivity index (χ0v) is 58.3. The van der Waals surface area contributed by atoms with Gasteiger partial charge in [-0.1, -0.05) is 276 Å². The van der Waals surface area contributed by atoms with Gasteiger partial charge in [0, 0.05) is 78.8 Å². The van der Waals surface area contributed by atoms with Gasteiger partial charge in [-0.25, -0.2) is 0 Å². The molecule has 2 aliphatic rings. The van der Waals surface area contributed by atoms with Crippen molar-refractivity contribution in [2.75, 3.05) is 19.6 Å². The Labute approximate surface area is 650 Å². The molecule has 0 amide bonds. The number of nitrogens with zero attached hydrogens (tertiary/aromatic N) is 4. The van der Waals surface area contributed by atoms with Crippen molar-refractivity contribution in [3.8, 4) is 44.5 Å². The van der Waals surface area contributed by atoms with Gasteiger partial charge in [0.2, 0.25) is 0 Å². The van der Waals surface area contributed by atoms with Crippen molar-refractivity contribution in [3.63, 3.8) is 0 Å². The summed E-state index contributed by atoms with van der Waals surface area (Å²) in [6.07, 6.45) is 0. The van der Waals surface area contributed by atoms with E-state index >= 15 is 0 Å². The normalized spacial score (nSPS) is 15.3. The predicted molar refractivity (Wildman–Crippen MR) is 450 cm³/mol. The van der Waals surface area contributed by atoms with Crippen LogP contribution in [0.2, 0.25) is 0 Å². The standard InChI is InChI=1S/C52H42N2.C50H36N2/c1-51(2)45-31-39(53(35-19-9-5-10-20-35)36-21-11-6-12-22-36)29-30-40(45)43-32-47-44(33-46(43)51)50-42-28-18-17-27-41(42)49(34-48(50)52(47,3)4)54(37-23-13-7-14-24-37)38-25-15-8-16-26-38;1-7-19-37(20-8-1)49-45-33-31-44(52(41-27-15-5-16-28-41)42-29-17-6-18-30-42)36-48(45)50(38-21-9-2-10-22-38)46-34-32-43(35-47(46)49)51(39-23-11-3-12-24-39)40-25-13-4-14-26-40/h5-34H,1-4H3;1-36H/i5D,6D,7D,8D,9D,10D,11D,12D,13D,14D,15D,16D,19D,20D,21D,22D,23D,24D,25D,26D;. The molecule has 0 unspecified atom stereocenters. The highest BCUT2D eigenvalue weighted by Gasteiger charge is 2.43. The molecule has 0 heterocycles. The van der Waals surface area contributed by atoms with Gasteiger partial charge in [-0.15, -0.1) is 0 Å². The Balaban J connectivity index is 0.000000181. The molecule has 106 heavy (non-hydrogen) atoms. The monoisotopic (exact) mass is 1380 g/mol. The number of para-hydroxylation sites is 8. The summed E-state index contributed by atoms with van der Waals surface area (Å²) in [7, 11) is 0. The predicted octanol–water partition coefficient (Wildman–Crippen LogP) is 28.7. The highest BCUT2D eigenvalue weighted by Crippen LogP contribution is 2.60. The highest BCUT2D eigenvalue weighted by atomic mass is 15.2. The molecular formula is C102H78N4. The van der Waals surface area contributed by atoms with Crippen LogP contribution < -0.4 is 19.6 Å². The topological polar surface area (TPSA) is 13.0 Å². The van der Waals surface area contributed by atoms with Crippen LogP contribution in [-0.4, -0.2) is 0 Å². The molecule has 0 aliphatic heterocycles. The molecule has 506 valence electrons. The summed E-state index contributed by atoms with van der Waals surface area (Å²) >= 11 is 0. The van der Waals surface area contributed by atoms with E-state index in [4.69, 9.17) is 27.4 Å². The van der Waals surface area contributed by atoms with Crippen LogP contribution in [0.25, 0.3) is 76.8 Å². The second-order valence-corrected chi connectivity index (χ2v) is 27.3. The number of hydrogen-bond acceptors (Lipinski definition) is 4. The maximum Gasteiger partial charge on any atom is 0.0645 e. The molecule has 0 atom stereocenters. The minimum absolute atomic E-state index is 0.168. The number of benzene rings is 17. The van der Waals surface area contributed by atoms with Crippen LogP contribution in [0, 0.1) is 0 Å². The van der Waals surface area contributed by atoms with Crippen LogP contribution in [0.3, 0.4) is 0 Å². The Morgan fingerprint density at radius 1 is 0.208 bits per heavy atom. The van der Waals surface area contributed by atoms with Crippen LogP contribution >= 0.6 is 0 Å². The Morgan fingerprint density at radius 3 is 0.943 bits per heavy atom. The molecule has 0 N–H and O–H groups in total. The van der Waals surface area contributed by atoms with E-state index in [9.17, 15) is 0 Å². The SMILES string of the molecule is [2H]c1c([2H])c([2H])c(N(c2ccc3c(c2)C(C)(C)c2cc4c(cc2-3)C(C)(C)c2cc(N(c3c([2H])c([2H])c([2H])c([2H])c3[2H])c3c([2H])c([2H])c([2H])c([2H])c3[2H])c3ccccc3c2-4)c2c([2H])c([2H])c([2H])c([2H])c2[2H])c([2H])c1[2H].c1ccc(-c2c3ccc(N(c4ccccc4)c4ccccc4)cc3c(-c3ccccc3)c3ccc(N(c4ccccc4)c4ccccc4)cc23)cc1. The molecule has 17 aromatic carbocycles. The Kier molecular flexibility index (Phi) is 11.9. The van der Waals surface area contributed by atoms with Crippen molar-refractivity contribution in [2.45, 2.75) is 38.5 Å². The molecule has 0 saturated carbocycles. The van der Waals surface area contributed by atoms with Gasteiger partial charge in [0.15, 0.2) is 0 Å². The molecule has 0 spiro atoms. The van der Waals surface area contributed by atoms with Crippen molar-refractivity contribution in [3.05, 3.63) is 422 Å². The molecule has 2 aliphatic carbocycles. The Morgan fingerprint density at radius 2 is 0.519 bits per heavy atom. The zero-order valence-electron chi connectivity index (χ0n) is 78.3. The van der Waals surface area contributed by atoms with Crippen molar-refractivity contribution >= 4 is 101 Å². The van der Waals surface area contributed by atoms with E-state index in [2.05, 4.69) is 240 Å². The van der Waals surface area contributed by atoms with Gasteiger partial charge in [-0.05, 0) is 245 Å². The first-order valence-electron chi connectivity index (χ1n) is 45.2. The molecule has 0 radical (unpaired) electrons. The smallest absolute Gasteiger partial charge is 0.0645 e. The number of hydrogen-bond donors (Lipinski definition) is 0. The van der Waals surface area contributed by atoms with Crippen LogP contribution in [0.1, 0.15) is 77.4 Å². The summed E-state index contributed by atoms with van der Waals surface area (Å²) in [6.45, 7) is 8.00. The number of rotatable bonds is 14. The maximum absolute atomic E-state index is 9.13. The first-order chi connectivity index (χ1) is 60.4. The van der Waals surface area contributed by atoms with E-state index in [1.54, 1.807) is 36.4 Å². The molecule has 4 nitrogen and oxygen atoms in total. The Hall–Kier alpha value is -13.3. The summed E-state index contributed by atoms with van der Waals surface area (Å²) in [6, 6.07) is 83.3. The third kappa shape index (κ3) is 11.4. The van der Waals surface area contributed by atoms with E-state index < -0.39 is 154 Å². The lowest BCUT2D eigenvalue weighted by atomic mass is 9.79. The molecule has 4 heteroatoms. The van der Waals surface area contributed by atoms with Crippen molar-refractivity contribution in [1.29, 1.82) is 0 Å². The lowest BCUT2D eigenvalue weighted by Gasteiger charge is -2.29. The Bertz CT molecular complexity index is 6830. The molecule has 0 fully saturated rings. The average molecular weight is 1380 g/mol. The molecule has 0 bridgehead atoms. The highest BCUT2D eigenvalue weighted by molar-refractivity contribution is 6.23. The molecule has 17 aromatic rings. The van der Waals surface area contributed by atoms with E-state index in [1.807, 2.05) is 39.8 Å². The van der Waals surface area contributed by atoms with E-state index in [0.29, 0.717) is 10.8 Å². The van der Waals surface area contributed by atoms with Crippen molar-refractivity contribution in [2.24, 2.45) is 0 Å². The molecular weight excluding hydrogens is 1280 g/mol. The fourth-order valence-electron chi connectivity index (χ4n) is 15.8. The first kappa shape index (κ1) is 46.4. The van der Waals surface area contributed by atoms with Crippen molar-refractivity contribution < 1.29 is 27.4 Å². The third-order valence-electron chi connectivity index (χ3n) is 20.6. The zero-order chi connectivity index (χ0) is 88.7. The summed E-state index contributed by atoms with van der Waals surface area (Å²) < 4.78 is 175. The average Bonchev–Trinajstić information content (AvgIpc) is 1.51. The molecule has 19 rings (SSSR count). The van der Waals surface area contributed by atoms with Gasteiger partial charge in [-0.3, -0.25) is 0 Å². The number of anilines is 12. The van der Waals surface area contributed by atoms with Crippen LogP contribution in [0.4, 0.5) is 68.2 Å². The van der Waals surface area contributed by atoms with Gasteiger partial charge in [-0.2, -0.15) is 0 Å². The fraction of sp³-hybridized carbons (Fsp3) is 0.0588. The first-order valence-corrected chi connectivity index (χ1v) is 35.2. The summed E-state index contributed by atoms with van der Waals surface area (Å²) in [4.78, 5) is 7.03. The van der Waals surface area contributed by atoms with Gasteiger partial charge in [0.05, 0.1) is 33.1 Å². The minimum atomic E-state index is -0.852. The van der Waals surface area contributed by atoms with Gasteiger partial charge < -0.3 is 19.6 Å². The third-order valence-corrected chi connectivity index (χ3v) is 20.6. The number of fused-ring (bicyclic) bond motifs is 10. The lowest BCUT2D eigenvalue weighted by molar-refractivity contribution is 0.652. The second-order valence-electron chi connectivity index (χ2n) is 27.3. The minimum Gasteiger partial charge on any atom is -0.310 e. The quantitative estimate of drug-likeness (QED) is 0.101. The second kappa shape index (κ2) is 27.2. The van der Waals surface area contributed by atoms with Gasteiger partial charge >= 0.3 is 0 Å². The summed E-state index contributed by atoms with van der Waals surface area (Å²) in [5, 5.41) is 5.97. The molecule has 0 saturated heterocycles. The maximum atomic E-state index is 9.13. The van der Waals surface area contributed by atoms with E-state index in [0.717, 1.165) is 83.5 Å². The van der Waals surface area contributed by atoms with Crippen LogP contribution in [0.5, 0.6) is 0 Å².